The molecule has 6 nitrogen and oxygen atoms in total. The van der Waals surface area contributed by atoms with E-state index >= 15 is 0 Å². The van der Waals surface area contributed by atoms with Crippen LogP contribution in [0.1, 0.15) is 16.4 Å². The predicted octanol–water partition coefficient (Wildman–Crippen LogP) is 3.71. The van der Waals surface area contributed by atoms with E-state index in [1.165, 1.54) is 16.3 Å². The average molecular weight is 378 g/mol. The van der Waals surface area contributed by atoms with Gasteiger partial charge in [-0.1, -0.05) is 18.2 Å². The molecule has 5 rings (SSSR count). The number of benzene rings is 1. The number of nitrogens with zero attached hydrogens (tertiary/aromatic N) is 4. The van der Waals surface area contributed by atoms with Gasteiger partial charge < -0.3 is 14.2 Å². The molecule has 0 aliphatic carbocycles. The number of hydrogen-bond donors (Lipinski definition) is 0. The smallest absolute Gasteiger partial charge is 0.289 e. The fourth-order valence-electron chi connectivity index (χ4n) is 3.61. The van der Waals surface area contributed by atoms with Gasteiger partial charge in [-0.05, 0) is 25.1 Å². The van der Waals surface area contributed by atoms with Gasteiger partial charge in [0.05, 0.1) is 11.6 Å². The van der Waals surface area contributed by atoms with Gasteiger partial charge >= 0.3 is 0 Å². The first-order valence-electron chi connectivity index (χ1n) is 8.94. The summed E-state index contributed by atoms with van der Waals surface area (Å²) in [5, 5.41) is 2.31. The number of aryl methyl sites for hydroxylation is 1. The van der Waals surface area contributed by atoms with Crippen molar-refractivity contribution in [3.05, 3.63) is 54.2 Å². The number of amides is 1. The Balaban J connectivity index is 1.47. The van der Waals surface area contributed by atoms with Crippen LogP contribution >= 0.6 is 11.3 Å². The summed E-state index contributed by atoms with van der Waals surface area (Å²) < 4.78 is 6.47. The number of hydrogen-bond acceptors (Lipinski definition) is 6. The lowest BCUT2D eigenvalue weighted by Crippen LogP contribution is -2.49. The number of fused-ring (bicyclic) bond motifs is 3. The molecule has 27 heavy (non-hydrogen) atoms. The van der Waals surface area contributed by atoms with E-state index in [-0.39, 0.29) is 5.91 Å². The van der Waals surface area contributed by atoms with Crippen LogP contribution in [0.2, 0.25) is 0 Å². The number of anilines is 1. The summed E-state index contributed by atoms with van der Waals surface area (Å²) in [5.41, 5.74) is 0. The van der Waals surface area contributed by atoms with Crippen molar-refractivity contribution < 1.29 is 9.21 Å². The second-order valence-electron chi connectivity index (χ2n) is 6.63. The Morgan fingerprint density at radius 3 is 2.67 bits per heavy atom. The van der Waals surface area contributed by atoms with Crippen LogP contribution < -0.4 is 4.90 Å². The summed E-state index contributed by atoms with van der Waals surface area (Å²) in [6, 6.07) is 11.8. The van der Waals surface area contributed by atoms with Crippen molar-refractivity contribution >= 4 is 43.4 Å². The summed E-state index contributed by atoms with van der Waals surface area (Å²) >= 11 is 1.70. The van der Waals surface area contributed by atoms with Gasteiger partial charge in [0.25, 0.3) is 5.91 Å². The number of piperazine rings is 1. The van der Waals surface area contributed by atoms with Crippen LogP contribution in [0.4, 0.5) is 5.82 Å². The molecule has 0 N–H and O–H groups in total. The Bertz CT molecular complexity index is 1130. The van der Waals surface area contributed by atoms with Crippen molar-refractivity contribution in [1.82, 2.24) is 14.9 Å². The summed E-state index contributed by atoms with van der Waals surface area (Å²) in [6.45, 7) is 4.70. The van der Waals surface area contributed by atoms with E-state index < -0.39 is 0 Å². The minimum absolute atomic E-state index is 0.0513. The molecule has 0 spiro atoms. The lowest BCUT2D eigenvalue weighted by Gasteiger charge is -2.35. The summed E-state index contributed by atoms with van der Waals surface area (Å²) in [5.74, 6) is 2.09. The minimum Gasteiger partial charge on any atom is -0.459 e. The first-order chi connectivity index (χ1) is 13.2. The Kier molecular flexibility index (Phi) is 3.82. The average Bonchev–Trinajstić information content (AvgIpc) is 3.34. The van der Waals surface area contributed by atoms with Crippen molar-refractivity contribution in [2.24, 2.45) is 0 Å². The molecule has 0 bridgehead atoms. The molecule has 1 amide bonds. The Morgan fingerprint density at radius 2 is 1.89 bits per heavy atom. The SMILES string of the molecule is Cc1nc(N2CCN(C(=O)c3ccco3)CC2)c2c(n1)sc1ccccc12. The number of furan rings is 1. The Labute approximate surface area is 160 Å². The lowest BCUT2D eigenvalue weighted by molar-refractivity contribution is 0.0714. The van der Waals surface area contributed by atoms with Crippen molar-refractivity contribution in [3.8, 4) is 0 Å². The van der Waals surface area contributed by atoms with E-state index in [2.05, 4.69) is 34.1 Å². The van der Waals surface area contributed by atoms with Gasteiger partial charge in [-0.15, -0.1) is 11.3 Å². The third kappa shape index (κ3) is 2.75. The zero-order chi connectivity index (χ0) is 18.4. The number of carbonyl (C=O) groups excluding carboxylic acids is 1. The number of rotatable bonds is 2. The van der Waals surface area contributed by atoms with Gasteiger partial charge in [0.2, 0.25) is 0 Å². The maximum atomic E-state index is 12.5. The Morgan fingerprint density at radius 1 is 1.07 bits per heavy atom. The highest BCUT2D eigenvalue weighted by Gasteiger charge is 2.26. The standard InChI is InChI=1S/C20H18N4O2S/c1-13-21-18(17-14-5-2-3-7-16(14)27-19(17)22-13)23-8-10-24(11-9-23)20(25)15-6-4-12-26-15/h2-7,12H,8-11H2,1H3. The van der Waals surface area contributed by atoms with E-state index in [0.29, 0.717) is 18.8 Å². The predicted molar refractivity (Wildman–Crippen MR) is 106 cm³/mol. The van der Waals surface area contributed by atoms with E-state index in [1.807, 2.05) is 11.8 Å². The highest BCUT2D eigenvalue weighted by Crippen LogP contribution is 2.37. The highest BCUT2D eigenvalue weighted by molar-refractivity contribution is 7.25. The van der Waals surface area contributed by atoms with Gasteiger partial charge in [0.1, 0.15) is 16.5 Å². The van der Waals surface area contributed by atoms with E-state index in [1.54, 1.807) is 23.5 Å². The fourth-order valence-corrected chi connectivity index (χ4v) is 4.73. The number of carbonyl (C=O) groups is 1. The monoisotopic (exact) mass is 378 g/mol. The summed E-state index contributed by atoms with van der Waals surface area (Å²) in [7, 11) is 0. The quantitative estimate of drug-likeness (QED) is 0.532. The van der Waals surface area contributed by atoms with Crippen molar-refractivity contribution in [3.63, 3.8) is 0 Å². The van der Waals surface area contributed by atoms with Crippen LogP contribution in [0, 0.1) is 6.92 Å². The van der Waals surface area contributed by atoms with Crippen LogP contribution in [0.3, 0.4) is 0 Å². The summed E-state index contributed by atoms with van der Waals surface area (Å²) in [6.07, 6.45) is 1.53. The van der Waals surface area contributed by atoms with E-state index in [4.69, 9.17) is 9.40 Å². The van der Waals surface area contributed by atoms with Crippen LogP contribution in [-0.2, 0) is 0 Å². The topological polar surface area (TPSA) is 62.5 Å². The molecule has 3 aromatic heterocycles. The van der Waals surface area contributed by atoms with Crippen LogP contribution in [-0.4, -0.2) is 47.0 Å². The van der Waals surface area contributed by atoms with Gasteiger partial charge in [0, 0.05) is 36.3 Å². The molecule has 1 saturated heterocycles. The van der Waals surface area contributed by atoms with Crippen molar-refractivity contribution in [2.45, 2.75) is 6.92 Å². The fraction of sp³-hybridized carbons (Fsp3) is 0.250. The zero-order valence-corrected chi connectivity index (χ0v) is 15.7. The van der Waals surface area contributed by atoms with Crippen LogP contribution in [0.5, 0.6) is 0 Å². The van der Waals surface area contributed by atoms with Gasteiger partial charge in [-0.3, -0.25) is 4.79 Å². The first-order valence-corrected chi connectivity index (χ1v) is 9.76. The molecule has 0 radical (unpaired) electrons. The molecule has 1 aromatic carbocycles. The summed E-state index contributed by atoms with van der Waals surface area (Å²) in [4.78, 5) is 27.0. The van der Waals surface area contributed by atoms with Gasteiger partial charge in [0.15, 0.2) is 5.76 Å². The molecule has 7 heteroatoms. The normalized spacial score (nSPS) is 15.0. The lowest BCUT2D eigenvalue weighted by atomic mass is 10.2. The maximum absolute atomic E-state index is 12.5. The van der Waals surface area contributed by atoms with Gasteiger partial charge in [-0.25, -0.2) is 9.97 Å². The van der Waals surface area contributed by atoms with Crippen molar-refractivity contribution in [2.75, 3.05) is 31.1 Å². The molecular weight excluding hydrogens is 360 g/mol. The minimum atomic E-state index is -0.0513. The largest absolute Gasteiger partial charge is 0.459 e. The van der Waals surface area contributed by atoms with Gasteiger partial charge in [-0.2, -0.15) is 0 Å². The van der Waals surface area contributed by atoms with E-state index in [9.17, 15) is 4.79 Å². The molecule has 1 fully saturated rings. The second kappa shape index (κ2) is 6.35. The first kappa shape index (κ1) is 16.3. The molecule has 0 atom stereocenters. The van der Waals surface area contributed by atoms with Crippen LogP contribution in [0.15, 0.2) is 47.1 Å². The molecule has 0 saturated carbocycles. The second-order valence-corrected chi connectivity index (χ2v) is 7.66. The Hall–Kier alpha value is -2.93. The van der Waals surface area contributed by atoms with Crippen molar-refractivity contribution in [1.29, 1.82) is 0 Å². The number of thiophene rings is 1. The molecular formula is C20H18N4O2S. The third-order valence-electron chi connectivity index (χ3n) is 4.93. The third-order valence-corrected chi connectivity index (χ3v) is 5.99. The van der Waals surface area contributed by atoms with Crippen LogP contribution in [0.25, 0.3) is 20.3 Å². The molecule has 136 valence electrons. The number of aromatic nitrogens is 2. The highest BCUT2D eigenvalue weighted by atomic mass is 32.1. The molecule has 4 heterocycles. The molecule has 4 aromatic rings. The maximum Gasteiger partial charge on any atom is 0.289 e. The molecule has 1 aliphatic heterocycles. The van der Waals surface area contributed by atoms with E-state index in [0.717, 1.165) is 34.9 Å². The molecule has 0 unspecified atom stereocenters. The molecule has 1 aliphatic rings. The zero-order valence-electron chi connectivity index (χ0n) is 14.9.